The van der Waals surface area contributed by atoms with E-state index in [0.29, 0.717) is 16.5 Å². The molecule has 2 aromatic heterocycles. The molecular weight excluding hydrogens is 380 g/mol. The number of furan rings is 1. The van der Waals surface area contributed by atoms with Crippen LogP contribution in [0.2, 0.25) is 0 Å². The second kappa shape index (κ2) is 8.83. The second-order valence-corrected chi connectivity index (χ2v) is 5.90. The van der Waals surface area contributed by atoms with E-state index < -0.39 is 24.5 Å². The number of ether oxygens (including phenoxy) is 1. The molecule has 2 heterocycles. The summed E-state index contributed by atoms with van der Waals surface area (Å²) in [6.07, 6.45) is 1.46. The van der Waals surface area contributed by atoms with Gasteiger partial charge in [-0.1, -0.05) is 18.2 Å². The SMILES string of the molecule is CCn1nc(C(=O)OCC(=O)NC(=O)NCc2ccco2)c2ccccc2c1=O. The van der Waals surface area contributed by atoms with Crippen molar-refractivity contribution in [2.75, 3.05) is 6.61 Å². The van der Waals surface area contributed by atoms with Crippen molar-refractivity contribution in [2.24, 2.45) is 0 Å². The highest BCUT2D eigenvalue weighted by atomic mass is 16.5. The van der Waals surface area contributed by atoms with E-state index in [1.54, 1.807) is 43.3 Å². The van der Waals surface area contributed by atoms with Crippen molar-refractivity contribution in [1.82, 2.24) is 20.4 Å². The molecule has 2 N–H and O–H groups in total. The van der Waals surface area contributed by atoms with Crippen LogP contribution in [0.1, 0.15) is 23.2 Å². The number of benzene rings is 1. The first kappa shape index (κ1) is 19.8. The Labute approximate surface area is 164 Å². The van der Waals surface area contributed by atoms with Crippen molar-refractivity contribution in [3.05, 3.63) is 64.5 Å². The summed E-state index contributed by atoms with van der Waals surface area (Å²) < 4.78 is 11.2. The fraction of sp³-hybridized carbons (Fsp3) is 0.211. The maximum Gasteiger partial charge on any atom is 0.359 e. The molecule has 0 aliphatic carbocycles. The average Bonchev–Trinajstić information content (AvgIpc) is 3.25. The van der Waals surface area contributed by atoms with Gasteiger partial charge in [0.2, 0.25) is 0 Å². The molecule has 10 nitrogen and oxygen atoms in total. The van der Waals surface area contributed by atoms with Gasteiger partial charge in [0.15, 0.2) is 12.3 Å². The summed E-state index contributed by atoms with van der Waals surface area (Å²) in [4.78, 5) is 48.2. The molecule has 0 saturated carbocycles. The number of carbonyl (C=O) groups excluding carboxylic acids is 3. The van der Waals surface area contributed by atoms with E-state index in [4.69, 9.17) is 9.15 Å². The predicted octanol–water partition coefficient (Wildman–Crippen LogP) is 1.19. The van der Waals surface area contributed by atoms with Crippen LogP contribution in [0.5, 0.6) is 0 Å². The number of esters is 1. The number of urea groups is 1. The van der Waals surface area contributed by atoms with Gasteiger partial charge in [0.1, 0.15) is 5.76 Å². The number of aryl methyl sites for hydroxylation is 1. The molecule has 29 heavy (non-hydrogen) atoms. The summed E-state index contributed by atoms with van der Waals surface area (Å²) >= 11 is 0. The lowest BCUT2D eigenvalue weighted by Crippen LogP contribution is -2.41. The van der Waals surface area contributed by atoms with Gasteiger partial charge in [-0.3, -0.25) is 14.9 Å². The third-order valence-corrected chi connectivity index (χ3v) is 3.95. The zero-order valence-electron chi connectivity index (χ0n) is 15.5. The number of carbonyl (C=O) groups is 3. The molecule has 150 valence electrons. The minimum Gasteiger partial charge on any atom is -0.467 e. The Morgan fingerprint density at radius 1 is 1.14 bits per heavy atom. The van der Waals surface area contributed by atoms with Crippen molar-refractivity contribution in [3.63, 3.8) is 0 Å². The summed E-state index contributed by atoms with van der Waals surface area (Å²) in [5, 5.41) is 9.12. The molecule has 3 aromatic rings. The van der Waals surface area contributed by atoms with E-state index >= 15 is 0 Å². The van der Waals surface area contributed by atoms with Crippen LogP contribution in [-0.4, -0.2) is 34.3 Å². The van der Waals surface area contributed by atoms with Crippen LogP contribution in [-0.2, 0) is 22.6 Å². The summed E-state index contributed by atoms with van der Waals surface area (Å²) in [6, 6.07) is 9.06. The van der Waals surface area contributed by atoms with Crippen LogP contribution in [0.3, 0.4) is 0 Å². The number of amides is 3. The minimum absolute atomic E-state index is 0.0860. The molecule has 3 rings (SSSR count). The van der Waals surface area contributed by atoms with Gasteiger partial charge in [-0.05, 0) is 25.1 Å². The maximum atomic E-state index is 12.4. The zero-order valence-corrected chi connectivity index (χ0v) is 15.5. The van der Waals surface area contributed by atoms with Crippen LogP contribution in [0, 0.1) is 0 Å². The molecule has 0 bridgehead atoms. The monoisotopic (exact) mass is 398 g/mol. The van der Waals surface area contributed by atoms with Gasteiger partial charge >= 0.3 is 12.0 Å². The Bertz CT molecular complexity index is 1100. The van der Waals surface area contributed by atoms with Crippen molar-refractivity contribution in [3.8, 4) is 0 Å². The van der Waals surface area contributed by atoms with Gasteiger partial charge in [-0.25, -0.2) is 14.3 Å². The number of nitrogens with one attached hydrogen (secondary N) is 2. The van der Waals surface area contributed by atoms with E-state index in [2.05, 4.69) is 10.4 Å². The fourth-order valence-electron chi connectivity index (χ4n) is 2.59. The topological polar surface area (TPSA) is 133 Å². The predicted molar refractivity (Wildman–Crippen MR) is 101 cm³/mol. The molecule has 10 heteroatoms. The van der Waals surface area contributed by atoms with Gasteiger partial charge in [0.05, 0.1) is 18.2 Å². The number of hydrogen-bond donors (Lipinski definition) is 2. The van der Waals surface area contributed by atoms with Gasteiger partial charge in [-0.15, -0.1) is 0 Å². The van der Waals surface area contributed by atoms with Crippen molar-refractivity contribution < 1.29 is 23.5 Å². The summed E-state index contributed by atoms with van der Waals surface area (Å²) in [5.74, 6) is -1.18. The fourth-order valence-corrected chi connectivity index (χ4v) is 2.59. The van der Waals surface area contributed by atoms with Crippen LogP contribution in [0.4, 0.5) is 4.79 Å². The van der Waals surface area contributed by atoms with Crippen molar-refractivity contribution in [2.45, 2.75) is 20.0 Å². The van der Waals surface area contributed by atoms with Gasteiger partial charge in [0.25, 0.3) is 11.5 Å². The third kappa shape index (κ3) is 4.67. The first-order valence-corrected chi connectivity index (χ1v) is 8.76. The first-order valence-electron chi connectivity index (χ1n) is 8.76. The zero-order chi connectivity index (χ0) is 20.8. The first-order chi connectivity index (χ1) is 14.0. The summed E-state index contributed by atoms with van der Waals surface area (Å²) in [6.45, 7) is 1.39. The Kier molecular flexibility index (Phi) is 6.03. The number of hydrogen-bond acceptors (Lipinski definition) is 7. The average molecular weight is 398 g/mol. The molecular formula is C19H18N4O6. The van der Waals surface area contributed by atoms with Crippen LogP contribution < -0.4 is 16.2 Å². The molecule has 0 radical (unpaired) electrons. The van der Waals surface area contributed by atoms with E-state index in [9.17, 15) is 19.2 Å². The molecule has 0 aliphatic rings. The molecule has 3 amide bonds. The molecule has 0 fully saturated rings. The molecule has 0 unspecified atom stereocenters. The highest BCUT2D eigenvalue weighted by Gasteiger charge is 2.19. The number of imide groups is 1. The van der Waals surface area contributed by atoms with E-state index in [0.717, 1.165) is 4.68 Å². The van der Waals surface area contributed by atoms with Crippen molar-refractivity contribution >= 4 is 28.7 Å². The molecule has 1 aromatic carbocycles. The lowest BCUT2D eigenvalue weighted by atomic mass is 10.1. The van der Waals surface area contributed by atoms with Gasteiger partial charge in [-0.2, -0.15) is 5.10 Å². The normalized spacial score (nSPS) is 10.5. The molecule has 0 spiro atoms. The summed E-state index contributed by atoms with van der Waals surface area (Å²) in [5.41, 5.74) is -0.414. The highest BCUT2D eigenvalue weighted by molar-refractivity contribution is 6.03. The van der Waals surface area contributed by atoms with E-state index in [1.165, 1.54) is 6.26 Å². The van der Waals surface area contributed by atoms with E-state index in [1.807, 2.05) is 5.32 Å². The Morgan fingerprint density at radius 3 is 2.59 bits per heavy atom. The third-order valence-electron chi connectivity index (χ3n) is 3.95. The number of fused-ring (bicyclic) bond motifs is 1. The van der Waals surface area contributed by atoms with Gasteiger partial charge in [0, 0.05) is 11.9 Å². The standard InChI is InChI=1S/C19H18N4O6/c1-2-23-17(25)14-8-4-3-7-13(14)16(22-23)18(26)29-11-15(24)21-19(27)20-10-12-6-5-9-28-12/h3-9H,2,10-11H2,1H3,(H2,20,21,24,27). The highest BCUT2D eigenvalue weighted by Crippen LogP contribution is 2.14. The quantitative estimate of drug-likeness (QED) is 0.596. The molecule has 0 atom stereocenters. The maximum absolute atomic E-state index is 12.4. The minimum atomic E-state index is -0.880. The second-order valence-electron chi connectivity index (χ2n) is 5.90. The largest absolute Gasteiger partial charge is 0.467 e. The Morgan fingerprint density at radius 2 is 1.90 bits per heavy atom. The van der Waals surface area contributed by atoms with Crippen LogP contribution in [0.25, 0.3) is 10.8 Å². The van der Waals surface area contributed by atoms with E-state index in [-0.39, 0.29) is 24.3 Å². The lowest BCUT2D eigenvalue weighted by molar-refractivity contribution is -0.123. The van der Waals surface area contributed by atoms with Gasteiger partial charge < -0.3 is 14.5 Å². The smallest absolute Gasteiger partial charge is 0.359 e. The molecule has 0 saturated heterocycles. The molecule has 0 aliphatic heterocycles. The Balaban J connectivity index is 1.62. The number of aromatic nitrogens is 2. The lowest BCUT2D eigenvalue weighted by Gasteiger charge is -2.10. The van der Waals surface area contributed by atoms with Crippen molar-refractivity contribution in [1.29, 1.82) is 0 Å². The number of rotatable bonds is 6. The van der Waals surface area contributed by atoms with Crippen LogP contribution >= 0.6 is 0 Å². The number of nitrogens with zero attached hydrogens (tertiary/aromatic N) is 2. The van der Waals surface area contributed by atoms with Crippen LogP contribution in [0.15, 0.2) is 51.9 Å². The Hall–Kier alpha value is -3.95. The summed E-state index contributed by atoms with van der Waals surface area (Å²) in [7, 11) is 0.